The Morgan fingerprint density at radius 2 is 1.85 bits per heavy atom. The zero-order valence-electron chi connectivity index (χ0n) is 18.5. The third-order valence-electron chi connectivity index (χ3n) is 5.98. The molecule has 0 unspecified atom stereocenters. The minimum Gasteiger partial charge on any atom is -0.352 e. The molecule has 3 aromatic rings. The van der Waals surface area contributed by atoms with E-state index in [9.17, 15) is 4.39 Å². The molecule has 0 amide bonds. The highest BCUT2D eigenvalue weighted by atomic mass is 35.5. The van der Waals surface area contributed by atoms with Crippen LogP contribution >= 0.6 is 11.6 Å². The van der Waals surface area contributed by atoms with Crippen molar-refractivity contribution in [1.29, 1.82) is 0 Å². The minimum atomic E-state index is -0.327. The Balaban J connectivity index is 1.65. The van der Waals surface area contributed by atoms with Crippen molar-refractivity contribution < 1.29 is 4.39 Å². The van der Waals surface area contributed by atoms with E-state index in [1.165, 1.54) is 12.1 Å². The van der Waals surface area contributed by atoms with Gasteiger partial charge in [0.05, 0.1) is 50.9 Å². The topological polar surface area (TPSA) is 55.1 Å². The molecule has 6 rings (SSSR count). The number of halogens is 2. The van der Waals surface area contributed by atoms with Gasteiger partial charge in [0.1, 0.15) is 5.82 Å². The number of hydrogen-bond donors (Lipinski definition) is 1. The number of benzene rings is 3. The van der Waals surface area contributed by atoms with Crippen LogP contribution in [0, 0.1) is 12.7 Å². The molecule has 1 N–H and O–H groups in total. The zero-order valence-corrected chi connectivity index (χ0v) is 19.2. The zero-order chi connectivity index (χ0) is 23.2. The fraction of sp³-hybridized carbons (Fsp3) is 0.148. The SMILES string of the molecule is Cc1ncccc1Nc1cc2nc3cc(F)ccc3n(-c3ccc(Cl)cc3)c-2c/c1=N\C1CC1. The second-order valence-electron chi connectivity index (χ2n) is 8.54. The summed E-state index contributed by atoms with van der Waals surface area (Å²) in [6.45, 7) is 1.96. The minimum absolute atomic E-state index is 0.327. The Morgan fingerprint density at radius 1 is 1.03 bits per heavy atom. The summed E-state index contributed by atoms with van der Waals surface area (Å²) in [5.74, 6) is -0.327. The molecule has 2 aliphatic carbocycles. The van der Waals surface area contributed by atoms with Gasteiger partial charge in [-0.05, 0) is 80.4 Å². The molecule has 34 heavy (non-hydrogen) atoms. The van der Waals surface area contributed by atoms with Gasteiger partial charge in [0.2, 0.25) is 0 Å². The van der Waals surface area contributed by atoms with Crippen LogP contribution in [0.25, 0.3) is 28.1 Å². The van der Waals surface area contributed by atoms with Gasteiger partial charge < -0.3 is 9.88 Å². The molecule has 1 fully saturated rings. The van der Waals surface area contributed by atoms with Crippen molar-refractivity contribution in [2.24, 2.45) is 4.99 Å². The molecule has 3 aliphatic rings. The molecule has 1 aliphatic heterocycles. The number of fused-ring (bicyclic) bond motifs is 2. The number of rotatable bonds is 4. The fourth-order valence-electron chi connectivity index (χ4n) is 4.11. The predicted octanol–water partition coefficient (Wildman–Crippen LogP) is 6.43. The van der Waals surface area contributed by atoms with Crippen molar-refractivity contribution in [3.05, 3.63) is 94.8 Å². The largest absolute Gasteiger partial charge is 0.352 e. The van der Waals surface area contributed by atoms with E-state index in [-0.39, 0.29) is 5.82 Å². The van der Waals surface area contributed by atoms with Crippen molar-refractivity contribution >= 4 is 34.0 Å². The van der Waals surface area contributed by atoms with Gasteiger partial charge in [-0.2, -0.15) is 0 Å². The molecule has 0 bridgehead atoms. The van der Waals surface area contributed by atoms with Crippen LogP contribution in [-0.4, -0.2) is 20.6 Å². The van der Waals surface area contributed by atoms with Gasteiger partial charge >= 0.3 is 0 Å². The van der Waals surface area contributed by atoms with Crippen LogP contribution in [0.4, 0.5) is 15.8 Å². The Bertz CT molecular complexity index is 1570. The van der Waals surface area contributed by atoms with E-state index in [1.54, 1.807) is 12.3 Å². The standard InChI is InChI=1S/C27H21ClFN5/c1-16-21(3-2-12-30-16)32-22-14-25-27(15-23(22)31-19-7-8-19)34(20-9-4-17(28)5-10-20)26-11-6-18(29)13-24(26)33-25/h2-6,9-15,19,32H,7-8H2,1H3/b31-23+. The van der Waals surface area contributed by atoms with Crippen LogP contribution < -0.4 is 10.7 Å². The van der Waals surface area contributed by atoms with Crippen LogP contribution in [0.5, 0.6) is 0 Å². The highest BCUT2D eigenvalue weighted by Crippen LogP contribution is 2.32. The van der Waals surface area contributed by atoms with E-state index < -0.39 is 0 Å². The third-order valence-corrected chi connectivity index (χ3v) is 6.23. The summed E-state index contributed by atoms with van der Waals surface area (Å²) in [5.41, 5.74) is 6.55. The second kappa shape index (κ2) is 8.22. The predicted molar refractivity (Wildman–Crippen MR) is 134 cm³/mol. The Morgan fingerprint density at radius 3 is 2.62 bits per heavy atom. The second-order valence-corrected chi connectivity index (χ2v) is 8.97. The van der Waals surface area contributed by atoms with Crippen molar-refractivity contribution in [2.75, 3.05) is 5.32 Å². The number of aromatic nitrogens is 3. The number of aryl methyl sites for hydroxylation is 1. The monoisotopic (exact) mass is 469 g/mol. The van der Waals surface area contributed by atoms with Crippen molar-refractivity contribution in [1.82, 2.24) is 14.5 Å². The summed E-state index contributed by atoms with van der Waals surface area (Å²) in [7, 11) is 0. The van der Waals surface area contributed by atoms with Gasteiger partial charge in [-0.25, -0.2) is 9.37 Å². The number of pyridine rings is 1. The van der Waals surface area contributed by atoms with E-state index in [0.29, 0.717) is 16.6 Å². The number of nitrogens with zero attached hydrogens (tertiary/aromatic N) is 4. The van der Waals surface area contributed by atoms with Crippen LogP contribution in [0.1, 0.15) is 18.5 Å². The van der Waals surface area contributed by atoms with E-state index >= 15 is 0 Å². The summed E-state index contributed by atoms with van der Waals surface area (Å²) in [4.78, 5) is 14.2. The van der Waals surface area contributed by atoms with Gasteiger partial charge in [-0.1, -0.05) is 11.6 Å². The fourth-order valence-corrected chi connectivity index (χ4v) is 4.23. The summed E-state index contributed by atoms with van der Waals surface area (Å²) >= 11 is 6.16. The highest BCUT2D eigenvalue weighted by Gasteiger charge is 2.22. The quantitative estimate of drug-likeness (QED) is 0.308. The maximum Gasteiger partial charge on any atom is 0.125 e. The molecule has 1 saturated carbocycles. The Hall–Kier alpha value is -3.77. The molecule has 0 spiro atoms. The lowest BCUT2D eigenvalue weighted by atomic mass is 10.1. The molecule has 0 atom stereocenters. The van der Waals surface area contributed by atoms with Crippen molar-refractivity contribution in [3.63, 3.8) is 0 Å². The number of nitrogens with one attached hydrogen (secondary N) is 1. The number of hydrogen-bond acceptors (Lipinski definition) is 4. The molecule has 5 nitrogen and oxygen atoms in total. The lowest BCUT2D eigenvalue weighted by Gasteiger charge is -2.20. The smallest absolute Gasteiger partial charge is 0.125 e. The number of anilines is 2. The van der Waals surface area contributed by atoms with E-state index in [1.807, 2.05) is 49.4 Å². The van der Waals surface area contributed by atoms with Gasteiger partial charge in [-0.3, -0.25) is 9.98 Å². The maximum absolute atomic E-state index is 14.1. The van der Waals surface area contributed by atoms with Crippen LogP contribution in [0.2, 0.25) is 5.02 Å². The molecule has 7 heteroatoms. The van der Waals surface area contributed by atoms with E-state index in [2.05, 4.69) is 20.9 Å². The maximum atomic E-state index is 14.1. The van der Waals surface area contributed by atoms with Gasteiger partial charge in [0.15, 0.2) is 0 Å². The van der Waals surface area contributed by atoms with E-state index in [0.717, 1.165) is 57.9 Å². The molecular weight excluding hydrogens is 449 g/mol. The Kier molecular flexibility index (Phi) is 5.03. The molecule has 0 radical (unpaired) electrons. The average molecular weight is 470 g/mol. The average Bonchev–Trinajstić information content (AvgIpc) is 3.64. The molecule has 2 aromatic carbocycles. The summed E-state index contributed by atoms with van der Waals surface area (Å²) in [6.07, 6.45) is 3.96. The molecule has 0 saturated heterocycles. The first kappa shape index (κ1) is 20.8. The lowest BCUT2D eigenvalue weighted by Crippen LogP contribution is -2.16. The normalized spacial score (nSPS) is 14.1. The first-order valence-electron chi connectivity index (χ1n) is 11.2. The van der Waals surface area contributed by atoms with E-state index in [4.69, 9.17) is 21.6 Å². The van der Waals surface area contributed by atoms with Gasteiger partial charge in [0, 0.05) is 23.0 Å². The first-order valence-corrected chi connectivity index (χ1v) is 11.6. The molecule has 168 valence electrons. The summed E-state index contributed by atoms with van der Waals surface area (Å²) in [6, 6.07) is 20.5. The lowest BCUT2D eigenvalue weighted by molar-refractivity contribution is 0.629. The van der Waals surface area contributed by atoms with Crippen molar-refractivity contribution in [2.45, 2.75) is 25.8 Å². The van der Waals surface area contributed by atoms with Crippen LogP contribution in [0.3, 0.4) is 0 Å². The van der Waals surface area contributed by atoms with Crippen LogP contribution in [-0.2, 0) is 0 Å². The third kappa shape index (κ3) is 3.90. The first-order chi connectivity index (χ1) is 16.5. The summed E-state index contributed by atoms with van der Waals surface area (Å²) in [5, 5.41) is 5.01. The van der Waals surface area contributed by atoms with Gasteiger partial charge in [0.25, 0.3) is 0 Å². The molecular formula is C27H21ClFN5. The van der Waals surface area contributed by atoms with Crippen molar-refractivity contribution in [3.8, 4) is 17.1 Å². The summed E-state index contributed by atoms with van der Waals surface area (Å²) < 4.78 is 16.2. The molecule has 1 aromatic heterocycles. The van der Waals surface area contributed by atoms with Gasteiger partial charge in [-0.15, -0.1) is 0 Å². The highest BCUT2D eigenvalue weighted by molar-refractivity contribution is 6.30. The molecule has 2 heterocycles. The van der Waals surface area contributed by atoms with Crippen LogP contribution in [0.15, 0.2) is 77.9 Å². The Labute approximate surface area is 201 Å².